The first kappa shape index (κ1) is 8.80. The van der Waals surface area contributed by atoms with Crippen LogP contribution in [0.3, 0.4) is 0 Å². The molecule has 0 unspecified atom stereocenters. The summed E-state index contributed by atoms with van der Waals surface area (Å²) in [7, 11) is 0. The highest BCUT2D eigenvalue weighted by Gasteiger charge is 2.28. The third-order valence-electron chi connectivity index (χ3n) is 1.42. The highest BCUT2D eigenvalue weighted by molar-refractivity contribution is 4.71. The van der Waals surface area contributed by atoms with E-state index < -0.39 is 6.36 Å². The molecule has 0 aromatic carbocycles. The second-order valence-corrected chi connectivity index (χ2v) is 2.49. The molecule has 11 heavy (non-hydrogen) atoms. The molecule has 0 saturated carbocycles. The summed E-state index contributed by atoms with van der Waals surface area (Å²) in [6.07, 6.45) is -4.00. The van der Waals surface area contributed by atoms with Gasteiger partial charge in [-0.15, -0.1) is 13.2 Å². The minimum absolute atomic E-state index is 0.222. The molecule has 1 heterocycles. The first-order valence-corrected chi connectivity index (χ1v) is 3.51. The average molecular weight is 169 g/mol. The van der Waals surface area contributed by atoms with Gasteiger partial charge in [-0.2, -0.15) is 0 Å². The monoisotopic (exact) mass is 169 g/mol. The van der Waals surface area contributed by atoms with Gasteiger partial charge in [0.2, 0.25) is 0 Å². The van der Waals surface area contributed by atoms with E-state index in [2.05, 4.69) is 9.64 Å². The predicted molar refractivity (Wildman–Crippen MR) is 33.1 cm³/mol. The van der Waals surface area contributed by atoms with Crippen molar-refractivity contribution in [2.24, 2.45) is 0 Å². The van der Waals surface area contributed by atoms with E-state index >= 15 is 0 Å². The zero-order valence-corrected chi connectivity index (χ0v) is 6.02. The molecular weight excluding hydrogens is 159 g/mol. The largest absolute Gasteiger partial charge is 0.522 e. The number of rotatable bonds is 4. The average Bonchev–Trinajstić information content (AvgIpc) is 2.60. The van der Waals surface area contributed by atoms with Crippen molar-refractivity contribution in [3.63, 3.8) is 0 Å². The lowest BCUT2D eigenvalue weighted by molar-refractivity contribution is -0.324. The Labute approximate surface area is 62.9 Å². The van der Waals surface area contributed by atoms with Gasteiger partial charge in [-0.3, -0.25) is 4.74 Å². The van der Waals surface area contributed by atoms with Gasteiger partial charge in [-0.25, -0.2) is 0 Å². The molecule has 1 fully saturated rings. The number of ether oxygens (including phenoxy) is 1. The van der Waals surface area contributed by atoms with Gasteiger partial charge in [0.05, 0.1) is 6.61 Å². The summed E-state index contributed by atoms with van der Waals surface area (Å²) in [5, 5.41) is 0. The number of halogens is 3. The Morgan fingerprint density at radius 2 is 1.91 bits per heavy atom. The fourth-order valence-electron chi connectivity index (χ4n) is 0.770. The van der Waals surface area contributed by atoms with E-state index in [0.717, 1.165) is 19.6 Å². The van der Waals surface area contributed by atoms with Crippen LogP contribution in [0.2, 0.25) is 0 Å². The molecule has 0 radical (unpaired) electrons. The number of nitrogens with zero attached hydrogens (tertiary/aromatic N) is 1. The summed E-state index contributed by atoms with van der Waals surface area (Å²) in [5.41, 5.74) is 0. The Hall–Kier alpha value is -0.290. The van der Waals surface area contributed by atoms with Crippen LogP contribution in [-0.4, -0.2) is 37.5 Å². The Morgan fingerprint density at radius 1 is 1.27 bits per heavy atom. The molecule has 0 aliphatic carbocycles. The standard InChI is InChI=1S/C6H10F3NO/c7-6(8,9)11-5-1-2-10-3-4-10/h1-5H2. The molecule has 66 valence electrons. The van der Waals surface area contributed by atoms with Crippen molar-refractivity contribution in [1.82, 2.24) is 4.90 Å². The van der Waals surface area contributed by atoms with Gasteiger partial charge in [0, 0.05) is 19.6 Å². The smallest absolute Gasteiger partial charge is 0.301 e. The van der Waals surface area contributed by atoms with E-state index in [1.807, 2.05) is 0 Å². The van der Waals surface area contributed by atoms with E-state index in [0.29, 0.717) is 6.42 Å². The highest BCUT2D eigenvalue weighted by Crippen LogP contribution is 2.16. The molecule has 5 heteroatoms. The van der Waals surface area contributed by atoms with Gasteiger partial charge in [0.15, 0.2) is 0 Å². The molecule has 0 N–H and O–H groups in total. The van der Waals surface area contributed by atoms with Crippen molar-refractivity contribution in [3.8, 4) is 0 Å². The van der Waals surface area contributed by atoms with Gasteiger partial charge in [-0.1, -0.05) is 0 Å². The summed E-state index contributed by atoms with van der Waals surface area (Å²) in [6, 6.07) is 0. The summed E-state index contributed by atoms with van der Waals surface area (Å²) in [6.45, 7) is 2.54. The van der Waals surface area contributed by atoms with Gasteiger partial charge < -0.3 is 4.90 Å². The maximum atomic E-state index is 11.4. The van der Waals surface area contributed by atoms with Gasteiger partial charge in [0.25, 0.3) is 0 Å². The summed E-state index contributed by atoms with van der Waals surface area (Å²) >= 11 is 0. The number of alkyl halides is 3. The summed E-state index contributed by atoms with van der Waals surface area (Å²) < 4.78 is 37.7. The van der Waals surface area contributed by atoms with Crippen molar-refractivity contribution in [2.75, 3.05) is 26.2 Å². The molecule has 0 aromatic rings. The van der Waals surface area contributed by atoms with Crippen molar-refractivity contribution in [2.45, 2.75) is 12.8 Å². The Bertz CT molecular complexity index is 121. The normalized spacial score (nSPS) is 18.8. The maximum Gasteiger partial charge on any atom is 0.522 e. The second-order valence-electron chi connectivity index (χ2n) is 2.49. The number of hydrogen-bond donors (Lipinski definition) is 0. The zero-order chi connectivity index (χ0) is 8.32. The molecule has 1 rings (SSSR count). The fourth-order valence-corrected chi connectivity index (χ4v) is 0.770. The third-order valence-corrected chi connectivity index (χ3v) is 1.42. The van der Waals surface area contributed by atoms with Crippen LogP contribution in [0.15, 0.2) is 0 Å². The van der Waals surface area contributed by atoms with E-state index in [1.165, 1.54) is 0 Å². The molecule has 1 aliphatic rings. The van der Waals surface area contributed by atoms with Crippen LogP contribution in [-0.2, 0) is 4.74 Å². The molecule has 0 bridgehead atoms. The fraction of sp³-hybridized carbons (Fsp3) is 1.00. The van der Waals surface area contributed by atoms with E-state index in [9.17, 15) is 13.2 Å². The van der Waals surface area contributed by atoms with Crippen LogP contribution in [0.1, 0.15) is 6.42 Å². The molecule has 0 atom stereocenters. The Balaban J connectivity index is 1.87. The first-order chi connectivity index (χ1) is 5.08. The SMILES string of the molecule is FC(F)(F)OCCCN1CC1. The highest BCUT2D eigenvalue weighted by atomic mass is 19.4. The predicted octanol–water partition coefficient (Wildman–Crippen LogP) is 1.23. The third kappa shape index (κ3) is 5.03. The first-order valence-electron chi connectivity index (χ1n) is 3.51. The Morgan fingerprint density at radius 3 is 2.36 bits per heavy atom. The van der Waals surface area contributed by atoms with Crippen molar-refractivity contribution >= 4 is 0 Å². The van der Waals surface area contributed by atoms with Gasteiger partial charge in [-0.05, 0) is 6.42 Å². The summed E-state index contributed by atoms with van der Waals surface area (Å²) in [5.74, 6) is 0. The van der Waals surface area contributed by atoms with Crippen LogP contribution in [0, 0.1) is 0 Å². The second kappa shape index (κ2) is 3.40. The molecule has 0 aromatic heterocycles. The van der Waals surface area contributed by atoms with E-state index in [4.69, 9.17) is 0 Å². The zero-order valence-electron chi connectivity index (χ0n) is 6.02. The summed E-state index contributed by atoms with van der Waals surface area (Å²) in [4.78, 5) is 2.06. The van der Waals surface area contributed by atoms with E-state index in [-0.39, 0.29) is 6.61 Å². The van der Waals surface area contributed by atoms with Crippen molar-refractivity contribution < 1.29 is 17.9 Å². The molecule has 2 nitrogen and oxygen atoms in total. The van der Waals surface area contributed by atoms with Crippen molar-refractivity contribution in [3.05, 3.63) is 0 Å². The van der Waals surface area contributed by atoms with Crippen molar-refractivity contribution in [1.29, 1.82) is 0 Å². The van der Waals surface area contributed by atoms with Crippen LogP contribution in [0.25, 0.3) is 0 Å². The lowest BCUT2D eigenvalue weighted by Crippen LogP contribution is -2.15. The minimum Gasteiger partial charge on any atom is -0.301 e. The molecular formula is C6H10F3NO. The van der Waals surface area contributed by atoms with Crippen LogP contribution >= 0.6 is 0 Å². The molecule has 1 saturated heterocycles. The van der Waals surface area contributed by atoms with Gasteiger partial charge >= 0.3 is 6.36 Å². The van der Waals surface area contributed by atoms with E-state index in [1.54, 1.807) is 0 Å². The quantitative estimate of drug-likeness (QED) is 0.463. The van der Waals surface area contributed by atoms with Crippen LogP contribution < -0.4 is 0 Å². The Kier molecular flexibility index (Phi) is 2.72. The van der Waals surface area contributed by atoms with Gasteiger partial charge in [0.1, 0.15) is 0 Å². The number of hydrogen-bond acceptors (Lipinski definition) is 2. The minimum atomic E-state index is -4.46. The topological polar surface area (TPSA) is 12.2 Å². The molecule has 0 spiro atoms. The van der Waals surface area contributed by atoms with Crippen LogP contribution in [0.5, 0.6) is 0 Å². The van der Waals surface area contributed by atoms with Crippen LogP contribution in [0.4, 0.5) is 13.2 Å². The lowest BCUT2D eigenvalue weighted by atomic mass is 10.4. The molecule has 1 aliphatic heterocycles. The maximum absolute atomic E-state index is 11.4. The molecule has 0 amide bonds. The lowest BCUT2D eigenvalue weighted by Gasteiger charge is -2.06.